The summed E-state index contributed by atoms with van der Waals surface area (Å²) in [5, 5.41) is 10.3. The van der Waals surface area contributed by atoms with E-state index in [2.05, 4.69) is 4.98 Å². The van der Waals surface area contributed by atoms with E-state index >= 15 is 0 Å². The van der Waals surface area contributed by atoms with Gasteiger partial charge >= 0.3 is 0 Å². The van der Waals surface area contributed by atoms with Crippen molar-refractivity contribution >= 4 is 9.84 Å². The summed E-state index contributed by atoms with van der Waals surface area (Å²) in [5.74, 6) is 0. The first kappa shape index (κ1) is 14.0. The highest BCUT2D eigenvalue weighted by molar-refractivity contribution is 7.92. The molecule has 4 nitrogen and oxygen atoms in total. The standard InChI is InChI=1S/C15H21NO3S/c1-10-6-12(7-11(2)16-10)15(17)8-13-4-3-5-14(9-15)20(13,18)19/h6-7,13-14,17H,3-5,8-9H2,1-2H3. The van der Waals surface area contributed by atoms with Gasteiger partial charge in [-0.05, 0) is 57.2 Å². The molecule has 2 unspecified atom stereocenters. The number of pyridine rings is 1. The molecule has 3 rings (SSSR count). The zero-order valence-corrected chi connectivity index (χ0v) is 12.8. The van der Waals surface area contributed by atoms with Crippen LogP contribution in [-0.4, -0.2) is 29.0 Å². The average molecular weight is 295 g/mol. The summed E-state index contributed by atoms with van der Waals surface area (Å²) in [4.78, 5) is 4.33. The highest BCUT2D eigenvalue weighted by Gasteiger charge is 2.50. The summed E-state index contributed by atoms with van der Waals surface area (Å²) in [5.41, 5.74) is 1.55. The molecular weight excluding hydrogens is 274 g/mol. The van der Waals surface area contributed by atoms with Gasteiger partial charge in [-0.15, -0.1) is 0 Å². The van der Waals surface area contributed by atoms with Crippen molar-refractivity contribution in [1.82, 2.24) is 4.98 Å². The van der Waals surface area contributed by atoms with Crippen molar-refractivity contribution in [2.24, 2.45) is 0 Å². The van der Waals surface area contributed by atoms with Crippen molar-refractivity contribution in [2.75, 3.05) is 0 Å². The van der Waals surface area contributed by atoms with Crippen LogP contribution in [0.2, 0.25) is 0 Å². The summed E-state index contributed by atoms with van der Waals surface area (Å²) in [6.07, 6.45) is 2.98. The van der Waals surface area contributed by atoms with E-state index in [1.165, 1.54) is 0 Å². The van der Waals surface area contributed by atoms with Gasteiger partial charge in [-0.1, -0.05) is 6.42 Å². The van der Waals surface area contributed by atoms with Gasteiger partial charge in [-0.2, -0.15) is 0 Å². The molecule has 0 aromatic carbocycles. The number of aryl methyl sites for hydroxylation is 2. The van der Waals surface area contributed by atoms with Gasteiger partial charge < -0.3 is 5.11 Å². The van der Waals surface area contributed by atoms with Gasteiger partial charge in [0.25, 0.3) is 0 Å². The summed E-state index contributed by atoms with van der Waals surface area (Å²) >= 11 is 0. The number of rotatable bonds is 1. The second kappa shape index (κ2) is 4.53. The van der Waals surface area contributed by atoms with Crippen LogP contribution < -0.4 is 0 Å². The Kier molecular flexibility index (Phi) is 3.18. The van der Waals surface area contributed by atoms with Crippen molar-refractivity contribution in [3.63, 3.8) is 0 Å². The van der Waals surface area contributed by atoms with Crippen molar-refractivity contribution in [1.29, 1.82) is 0 Å². The van der Waals surface area contributed by atoms with Crippen molar-refractivity contribution in [3.05, 3.63) is 29.1 Å². The molecule has 1 aromatic heterocycles. The van der Waals surface area contributed by atoms with E-state index in [1.807, 2.05) is 26.0 Å². The third-order valence-electron chi connectivity index (χ3n) is 4.73. The predicted octanol–water partition coefficient (Wildman–Crippen LogP) is 2.02. The lowest BCUT2D eigenvalue weighted by atomic mass is 9.80. The summed E-state index contributed by atoms with van der Waals surface area (Å²) in [6.45, 7) is 3.81. The van der Waals surface area contributed by atoms with E-state index in [0.717, 1.165) is 23.4 Å². The van der Waals surface area contributed by atoms with E-state index in [0.29, 0.717) is 25.7 Å². The highest BCUT2D eigenvalue weighted by atomic mass is 32.2. The second-order valence-electron chi connectivity index (χ2n) is 6.34. The predicted molar refractivity (Wildman–Crippen MR) is 77.2 cm³/mol. The van der Waals surface area contributed by atoms with Crippen LogP contribution in [0.1, 0.15) is 49.1 Å². The minimum Gasteiger partial charge on any atom is -0.385 e. The Labute approximate surface area is 120 Å². The fourth-order valence-electron chi connectivity index (χ4n) is 3.79. The van der Waals surface area contributed by atoms with E-state index in [9.17, 15) is 13.5 Å². The van der Waals surface area contributed by atoms with E-state index < -0.39 is 15.4 Å². The minimum absolute atomic E-state index is 0.328. The van der Waals surface area contributed by atoms with Gasteiger partial charge in [0.15, 0.2) is 9.84 Å². The van der Waals surface area contributed by atoms with Gasteiger partial charge in [-0.25, -0.2) is 8.42 Å². The lowest BCUT2D eigenvalue weighted by Gasteiger charge is -2.44. The molecule has 0 radical (unpaired) electrons. The summed E-state index contributed by atoms with van der Waals surface area (Å²) in [6, 6.07) is 3.78. The van der Waals surface area contributed by atoms with Gasteiger partial charge in [-0.3, -0.25) is 4.98 Å². The van der Waals surface area contributed by atoms with Gasteiger partial charge in [0, 0.05) is 11.4 Å². The molecule has 2 bridgehead atoms. The molecule has 1 N–H and O–H groups in total. The van der Waals surface area contributed by atoms with E-state index in [4.69, 9.17) is 0 Å². The number of aliphatic hydroxyl groups is 1. The Morgan fingerprint density at radius 3 is 2.15 bits per heavy atom. The first-order chi connectivity index (χ1) is 9.31. The number of hydrogen-bond acceptors (Lipinski definition) is 4. The molecule has 2 atom stereocenters. The van der Waals surface area contributed by atoms with Crippen LogP contribution >= 0.6 is 0 Å². The lowest BCUT2D eigenvalue weighted by molar-refractivity contribution is 0.00482. The zero-order valence-electron chi connectivity index (χ0n) is 12.0. The Hall–Kier alpha value is -0.940. The maximum atomic E-state index is 12.3. The van der Waals surface area contributed by atoms with Crippen LogP contribution in [-0.2, 0) is 15.4 Å². The topological polar surface area (TPSA) is 67.3 Å². The SMILES string of the molecule is Cc1cc(C2(O)CC3CCCC(C2)S3(=O)=O)cc(C)n1. The largest absolute Gasteiger partial charge is 0.385 e. The molecule has 0 aliphatic carbocycles. The molecule has 20 heavy (non-hydrogen) atoms. The first-order valence-corrected chi connectivity index (χ1v) is 8.83. The maximum Gasteiger partial charge on any atom is 0.156 e. The molecule has 3 heterocycles. The Bertz CT molecular complexity index is 598. The first-order valence-electron chi connectivity index (χ1n) is 7.22. The molecule has 2 aliphatic heterocycles. The van der Waals surface area contributed by atoms with Crippen molar-refractivity contribution < 1.29 is 13.5 Å². The summed E-state index contributed by atoms with van der Waals surface area (Å²) in [7, 11) is -3.04. The third-order valence-corrected chi connectivity index (χ3v) is 7.39. The monoisotopic (exact) mass is 295 g/mol. The molecule has 0 amide bonds. The molecule has 110 valence electrons. The summed E-state index contributed by atoms with van der Waals surface area (Å²) < 4.78 is 24.6. The van der Waals surface area contributed by atoms with E-state index in [1.54, 1.807) is 0 Å². The smallest absolute Gasteiger partial charge is 0.156 e. The van der Waals surface area contributed by atoms with Gasteiger partial charge in [0.05, 0.1) is 16.1 Å². The van der Waals surface area contributed by atoms with Gasteiger partial charge in [0.1, 0.15) is 0 Å². The quantitative estimate of drug-likeness (QED) is 0.860. The number of fused-ring (bicyclic) bond motifs is 2. The fourth-order valence-corrected chi connectivity index (χ4v) is 6.34. The highest BCUT2D eigenvalue weighted by Crippen LogP contribution is 2.46. The molecule has 0 spiro atoms. The van der Waals surface area contributed by atoms with Crippen molar-refractivity contribution in [2.45, 2.75) is 62.1 Å². The molecule has 2 aliphatic rings. The maximum absolute atomic E-state index is 12.3. The molecule has 1 aromatic rings. The average Bonchev–Trinajstić information content (AvgIpc) is 2.30. The van der Waals surface area contributed by atoms with Crippen LogP contribution in [0.25, 0.3) is 0 Å². The number of nitrogens with zero attached hydrogens (tertiary/aromatic N) is 1. The molecular formula is C15H21NO3S. The van der Waals surface area contributed by atoms with Crippen LogP contribution in [0.5, 0.6) is 0 Å². The lowest BCUT2D eigenvalue weighted by Crippen LogP contribution is -2.50. The Morgan fingerprint density at radius 2 is 1.65 bits per heavy atom. The van der Waals surface area contributed by atoms with Crippen LogP contribution in [0.4, 0.5) is 0 Å². The molecule has 0 saturated carbocycles. The normalized spacial score (nSPS) is 35.8. The molecule has 2 fully saturated rings. The Morgan fingerprint density at radius 1 is 1.15 bits per heavy atom. The molecule has 5 heteroatoms. The second-order valence-corrected chi connectivity index (χ2v) is 8.85. The van der Waals surface area contributed by atoms with Crippen LogP contribution in [0.15, 0.2) is 12.1 Å². The minimum atomic E-state index is -3.04. The number of sulfone groups is 1. The van der Waals surface area contributed by atoms with Crippen molar-refractivity contribution in [3.8, 4) is 0 Å². The Balaban J connectivity index is 2.02. The van der Waals surface area contributed by atoms with E-state index in [-0.39, 0.29) is 10.5 Å². The van der Waals surface area contributed by atoms with Crippen LogP contribution in [0, 0.1) is 13.8 Å². The molecule has 2 saturated heterocycles. The fraction of sp³-hybridized carbons (Fsp3) is 0.667. The third kappa shape index (κ3) is 2.17. The van der Waals surface area contributed by atoms with Gasteiger partial charge in [0.2, 0.25) is 0 Å². The zero-order chi connectivity index (χ0) is 14.5. The van der Waals surface area contributed by atoms with Crippen LogP contribution in [0.3, 0.4) is 0 Å². The number of aromatic nitrogens is 1. The number of hydrogen-bond donors (Lipinski definition) is 1.